The number of anilines is 2. The molecule has 1 N–H and O–H groups in total. The molecular weight excluding hydrogens is 476 g/mol. The molecule has 0 saturated carbocycles. The minimum atomic E-state index is -0.295. The van der Waals surface area contributed by atoms with E-state index in [9.17, 15) is 19.2 Å². The Bertz CT molecular complexity index is 1400. The fourth-order valence-corrected chi connectivity index (χ4v) is 5.48. The van der Waals surface area contributed by atoms with E-state index in [1.165, 1.54) is 21.3 Å². The van der Waals surface area contributed by atoms with Crippen molar-refractivity contribution in [3.05, 3.63) is 82.8 Å². The zero-order valence-corrected chi connectivity index (χ0v) is 20.8. The summed E-state index contributed by atoms with van der Waals surface area (Å²) >= 11 is 1.31. The molecule has 0 unspecified atom stereocenters. The Hall–Kier alpha value is -3.85. The maximum Gasteiger partial charge on any atom is 0.295 e. The van der Waals surface area contributed by atoms with E-state index in [1.807, 2.05) is 42.5 Å². The van der Waals surface area contributed by atoms with Gasteiger partial charge in [0.1, 0.15) is 5.69 Å². The third-order valence-electron chi connectivity index (χ3n) is 6.79. The average molecular weight is 503 g/mol. The number of thioether (sulfide) groups is 1. The molecule has 184 valence electrons. The molecule has 1 aliphatic heterocycles. The van der Waals surface area contributed by atoms with Gasteiger partial charge in [-0.05, 0) is 56.2 Å². The SMILES string of the molecule is Cc1c(NC(=O)CSc2ccc(N3C(=O)[C@H]4CC=CC[C@H]4C3=O)cc2)c(=O)n(-c2ccccc2)n1C. The smallest absolute Gasteiger partial charge is 0.295 e. The summed E-state index contributed by atoms with van der Waals surface area (Å²) in [6.45, 7) is 1.79. The van der Waals surface area contributed by atoms with Crippen LogP contribution in [0.15, 0.2) is 76.4 Å². The van der Waals surface area contributed by atoms with Crippen LogP contribution < -0.4 is 15.8 Å². The van der Waals surface area contributed by atoms with Crippen LogP contribution in [-0.2, 0) is 21.4 Å². The number of fused-ring (bicyclic) bond motifs is 1. The van der Waals surface area contributed by atoms with Crippen LogP contribution in [0.4, 0.5) is 11.4 Å². The number of nitrogens with one attached hydrogen (secondary N) is 1. The molecule has 3 amide bonds. The average Bonchev–Trinajstić information content (AvgIpc) is 3.27. The number of rotatable bonds is 6. The predicted molar refractivity (Wildman–Crippen MR) is 139 cm³/mol. The highest BCUT2D eigenvalue weighted by Crippen LogP contribution is 2.38. The van der Waals surface area contributed by atoms with E-state index in [-0.39, 0.29) is 46.6 Å². The number of carbonyl (C=O) groups is 3. The summed E-state index contributed by atoms with van der Waals surface area (Å²) in [5.74, 6) is -1.02. The zero-order valence-electron chi connectivity index (χ0n) is 20.0. The minimum Gasteiger partial charge on any atom is -0.319 e. The minimum absolute atomic E-state index is 0.107. The Morgan fingerprint density at radius 2 is 1.53 bits per heavy atom. The fraction of sp³-hybridized carbons (Fsp3) is 0.259. The second-order valence-corrected chi connectivity index (χ2v) is 9.98. The first-order valence-electron chi connectivity index (χ1n) is 11.8. The number of imide groups is 1. The van der Waals surface area contributed by atoms with Gasteiger partial charge in [-0.3, -0.25) is 28.8 Å². The molecule has 8 nitrogen and oxygen atoms in total. The van der Waals surface area contributed by atoms with E-state index >= 15 is 0 Å². The van der Waals surface area contributed by atoms with Crippen LogP contribution in [0.2, 0.25) is 0 Å². The van der Waals surface area contributed by atoms with Gasteiger partial charge in [-0.15, -0.1) is 11.8 Å². The van der Waals surface area contributed by atoms with E-state index in [0.29, 0.717) is 29.9 Å². The number of hydrogen-bond donors (Lipinski definition) is 1. The molecule has 0 bridgehead atoms. The zero-order chi connectivity index (χ0) is 25.4. The van der Waals surface area contributed by atoms with Crippen LogP contribution in [0.3, 0.4) is 0 Å². The second kappa shape index (κ2) is 9.66. The molecule has 1 aromatic heterocycles. The van der Waals surface area contributed by atoms with Gasteiger partial charge in [-0.2, -0.15) is 0 Å². The predicted octanol–water partition coefficient (Wildman–Crippen LogP) is 3.67. The highest BCUT2D eigenvalue weighted by atomic mass is 32.2. The number of aromatic nitrogens is 2. The van der Waals surface area contributed by atoms with Gasteiger partial charge >= 0.3 is 0 Å². The van der Waals surface area contributed by atoms with Crippen molar-refractivity contribution in [1.82, 2.24) is 9.36 Å². The fourth-order valence-electron chi connectivity index (χ4n) is 4.78. The highest BCUT2D eigenvalue weighted by molar-refractivity contribution is 8.00. The van der Waals surface area contributed by atoms with Crippen LogP contribution >= 0.6 is 11.8 Å². The standard InChI is InChI=1S/C27H26N4O4S/c1-17-24(27(35)31(29(17)2)19-8-4-3-5-9-19)28-23(32)16-36-20-14-12-18(13-15-20)30-25(33)21-10-6-7-11-22(21)26(30)34/h3-9,12-15,21-22H,10-11,16H2,1-2H3,(H,28,32)/t21-,22+. The van der Waals surface area contributed by atoms with Crippen molar-refractivity contribution in [3.8, 4) is 5.69 Å². The number of hydrogen-bond acceptors (Lipinski definition) is 5. The van der Waals surface area contributed by atoms with Crippen molar-refractivity contribution in [1.29, 1.82) is 0 Å². The Morgan fingerprint density at radius 3 is 2.14 bits per heavy atom. The summed E-state index contributed by atoms with van der Waals surface area (Å²) in [5, 5.41) is 2.76. The van der Waals surface area contributed by atoms with Crippen LogP contribution in [0, 0.1) is 18.8 Å². The van der Waals surface area contributed by atoms with E-state index in [1.54, 1.807) is 42.9 Å². The first-order chi connectivity index (χ1) is 17.4. The Kier molecular flexibility index (Phi) is 6.40. The third-order valence-corrected chi connectivity index (χ3v) is 7.80. The molecule has 2 aliphatic rings. The molecule has 1 aliphatic carbocycles. The molecule has 5 rings (SSSR count). The van der Waals surface area contributed by atoms with Gasteiger partial charge in [-0.25, -0.2) is 4.68 Å². The molecule has 36 heavy (non-hydrogen) atoms. The first-order valence-corrected chi connectivity index (χ1v) is 12.7. The molecular formula is C27H26N4O4S. The summed E-state index contributed by atoms with van der Waals surface area (Å²) < 4.78 is 3.23. The van der Waals surface area contributed by atoms with Crippen LogP contribution in [-0.4, -0.2) is 32.8 Å². The Balaban J connectivity index is 1.24. The summed E-state index contributed by atoms with van der Waals surface area (Å²) in [4.78, 5) is 53.3. The first kappa shape index (κ1) is 23.9. The number of carbonyl (C=O) groups excluding carboxylic acids is 3. The van der Waals surface area contributed by atoms with E-state index in [4.69, 9.17) is 0 Å². The van der Waals surface area contributed by atoms with Crippen molar-refractivity contribution in [2.75, 3.05) is 16.0 Å². The molecule has 9 heteroatoms. The van der Waals surface area contributed by atoms with Gasteiger partial charge in [0.2, 0.25) is 17.7 Å². The van der Waals surface area contributed by atoms with Gasteiger partial charge in [0.15, 0.2) is 0 Å². The van der Waals surface area contributed by atoms with Crippen LogP contribution in [0.1, 0.15) is 18.5 Å². The highest BCUT2D eigenvalue weighted by Gasteiger charge is 2.47. The molecule has 0 spiro atoms. The quantitative estimate of drug-likeness (QED) is 0.315. The molecule has 0 radical (unpaired) electrons. The van der Waals surface area contributed by atoms with Crippen molar-refractivity contribution >= 4 is 40.9 Å². The molecule has 1 fully saturated rings. The normalized spacial score (nSPS) is 19.0. The van der Waals surface area contributed by atoms with Crippen molar-refractivity contribution in [3.63, 3.8) is 0 Å². The van der Waals surface area contributed by atoms with E-state index < -0.39 is 0 Å². The second-order valence-electron chi connectivity index (χ2n) is 8.93. The lowest BCUT2D eigenvalue weighted by atomic mass is 9.85. The molecule has 3 aromatic rings. The Labute approximate surface area is 212 Å². The Morgan fingerprint density at radius 1 is 0.917 bits per heavy atom. The van der Waals surface area contributed by atoms with E-state index in [0.717, 1.165) is 4.90 Å². The lowest BCUT2D eigenvalue weighted by Crippen LogP contribution is -2.30. The molecule has 2 heterocycles. The van der Waals surface area contributed by atoms with Gasteiger partial charge in [0, 0.05) is 11.9 Å². The third kappa shape index (κ3) is 4.19. The number of benzene rings is 2. The monoisotopic (exact) mass is 502 g/mol. The van der Waals surface area contributed by atoms with Crippen molar-refractivity contribution in [2.24, 2.45) is 18.9 Å². The number of amides is 3. The van der Waals surface area contributed by atoms with Gasteiger partial charge in [-0.1, -0.05) is 30.4 Å². The lowest BCUT2D eigenvalue weighted by Gasteiger charge is -2.15. The topological polar surface area (TPSA) is 93.4 Å². The van der Waals surface area contributed by atoms with Crippen LogP contribution in [0.25, 0.3) is 5.69 Å². The summed E-state index contributed by atoms with van der Waals surface area (Å²) in [5.41, 5.74) is 1.88. The summed E-state index contributed by atoms with van der Waals surface area (Å²) in [6, 6.07) is 16.3. The van der Waals surface area contributed by atoms with Crippen molar-refractivity contribution < 1.29 is 14.4 Å². The van der Waals surface area contributed by atoms with Crippen LogP contribution in [0.5, 0.6) is 0 Å². The van der Waals surface area contributed by atoms with E-state index in [2.05, 4.69) is 5.32 Å². The summed E-state index contributed by atoms with van der Waals surface area (Å²) in [6.07, 6.45) is 5.14. The van der Waals surface area contributed by atoms with Gasteiger partial charge < -0.3 is 5.32 Å². The molecule has 1 saturated heterocycles. The maximum absolute atomic E-state index is 13.0. The largest absolute Gasteiger partial charge is 0.319 e. The van der Waals surface area contributed by atoms with Gasteiger partial charge in [0.25, 0.3) is 5.56 Å². The number of allylic oxidation sites excluding steroid dienone is 2. The number of para-hydroxylation sites is 1. The number of nitrogens with zero attached hydrogens (tertiary/aromatic N) is 3. The summed E-state index contributed by atoms with van der Waals surface area (Å²) in [7, 11) is 1.77. The lowest BCUT2D eigenvalue weighted by molar-refractivity contribution is -0.122. The van der Waals surface area contributed by atoms with Gasteiger partial charge in [0.05, 0.1) is 34.7 Å². The maximum atomic E-state index is 13.0. The molecule has 2 aromatic carbocycles. The molecule has 2 atom stereocenters. The van der Waals surface area contributed by atoms with Crippen molar-refractivity contribution in [2.45, 2.75) is 24.7 Å².